The van der Waals surface area contributed by atoms with Crippen LogP contribution >= 0.6 is 0 Å². The molecule has 0 saturated heterocycles. The van der Waals surface area contributed by atoms with E-state index in [9.17, 15) is 0 Å². The van der Waals surface area contributed by atoms with Crippen LogP contribution in [0.4, 0.5) is 0 Å². The maximum absolute atomic E-state index is 4.37. The third kappa shape index (κ3) is 3.10. The molecule has 0 unspecified atom stereocenters. The summed E-state index contributed by atoms with van der Waals surface area (Å²) in [5, 5.41) is 0. The van der Waals surface area contributed by atoms with E-state index in [1.54, 1.807) is 48.6 Å². The SMILES string of the molecule is C1=Cc2nc1nc1ccc(nc3nc(nc4ccc(n2)[n-]4)C=C3)[n-]1.[Cu+2]. The van der Waals surface area contributed by atoms with Crippen LogP contribution in [0.2, 0.25) is 0 Å². The van der Waals surface area contributed by atoms with Crippen LogP contribution in [-0.4, -0.2) is 29.9 Å². The zero-order chi connectivity index (χ0) is 15.9. The zero-order valence-electron chi connectivity index (χ0n) is 12.5. The van der Waals surface area contributed by atoms with E-state index in [0.29, 0.717) is 45.9 Å². The zero-order valence-corrected chi connectivity index (χ0v) is 13.4. The molecule has 0 N–H and O–H groups in total. The molecule has 0 spiro atoms. The van der Waals surface area contributed by atoms with E-state index in [1.165, 1.54) is 0 Å². The Morgan fingerprint density at radius 2 is 0.720 bits per heavy atom. The van der Waals surface area contributed by atoms with Crippen molar-refractivity contribution < 1.29 is 17.1 Å². The summed E-state index contributed by atoms with van der Waals surface area (Å²) in [7, 11) is 0. The molecular weight excluding hydrogens is 368 g/mol. The smallest absolute Gasteiger partial charge is 0.358 e. The second kappa shape index (κ2) is 6.04. The molecule has 2 aliphatic rings. The molecule has 0 fully saturated rings. The maximum atomic E-state index is 4.37. The summed E-state index contributed by atoms with van der Waals surface area (Å²) in [5.41, 5.74) is 2.15. The second-order valence-electron chi connectivity index (χ2n) is 5.09. The van der Waals surface area contributed by atoms with E-state index in [0.717, 1.165) is 0 Å². The number of hydrogen-bond acceptors (Lipinski definition) is 6. The standard InChI is InChI=1S/C16H8N8.Cu/c1-2-10-17-9(1)21-11-3-4-13(18-11)23-15-7-8-16(20-15)24-14-6-5-12(19-14)22-10;/h1-8H;/q-2;+2. The fourth-order valence-electron chi connectivity index (χ4n) is 2.33. The van der Waals surface area contributed by atoms with Gasteiger partial charge in [-0.2, -0.15) is 0 Å². The first-order valence-corrected chi connectivity index (χ1v) is 7.22. The van der Waals surface area contributed by atoms with Gasteiger partial charge >= 0.3 is 17.1 Å². The van der Waals surface area contributed by atoms with Gasteiger partial charge < -0.3 is 29.9 Å². The fourth-order valence-corrected chi connectivity index (χ4v) is 2.33. The van der Waals surface area contributed by atoms with Crippen molar-refractivity contribution in [1.82, 2.24) is 39.9 Å². The second-order valence-corrected chi connectivity index (χ2v) is 5.09. The van der Waals surface area contributed by atoms with Crippen LogP contribution in [0.1, 0.15) is 23.3 Å². The summed E-state index contributed by atoms with van der Waals surface area (Å²) in [6.45, 7) is 0. The summed E-state index contributed by atoms with van der Waals surface area (Å²) in [4.78, 5) is 34.8. The van der Waals surface area contributed by atoms with Crippen molar-refractivity contribution in [2.45, 2.75) is 0 Å². The molecule has 0 aliphatic carbocycles. The van der Waals surface area contributed by atoms with E-state index in [2.05, 4.69) is 39.9 Å². The van der Waals surface area contributed by atoms with Crippen LogP contribution in [0, 0.1) is 0 Å². The predicted octanol–water partition coefficient (Wildman–Crippen LogP) is 1.49. The van der Waals surface area contributed by atoms with Gasteiger partial charge in [-0.25, -0.2) is 9.97 Å². The van der Waals surface area contributed by atoms with Crippen molar-refractivity contribution in [3.05, 3.63) is 47.6 Å². The minimum absolute atomic E-state index is 0. The van der Waals surface area contributed by atoms with Crippen LogP contribution in [0.15, 0.2) is 24.3 Å². The van der Waals surface area contributed by atoms with E-state index in [1.807, 2.05) is 0 Å². The Labute approximate surface area is 151 Å². The van der Waals surface area contributed by atoms with Crippen LogP contribution in [0.3, 0.4) is 0 Å². The Morgan fingerprint density at radius 1 is 0.440 bits per heavy atom. The van der Waals surface area contributed by atoms with Crippen LogP contribution in [-0.2, 0) is 17.1 Å². The van der Waals surface area contributed by atoms with Crippen molar-refractivity contribution >= 4 is 46.9 Å². The normalized spacial score (nSPS) is 12.2. The molecule has 0 aromatic carbocycles. The molecule has 3 aromatic heterocycles. The average Bonchev–Trinajstić information content (AvgIpc) is 3.32. The van der Waals surface area contributed by atoms with E-state index in [4.69, 9.17) is 0 Å². The molecule has 3 aromatic rings. The van der Waals surface area contributed by atoms with Crippen molar-refractivity contribution in [2.24, 2.45) is 0 Å². The summed E-state index contributed by atoms with van der Waals surface area (Å²) >= 11 is 0. The molecule has 9 heteroatoms. The van der Waals surface area contributed by atoms with E-state index >= 15 is 0 Å². The molecule has 0 atom stereocenters. The third-order valence-corrected chi connectivity index (χ3v) is 3.36. The molecule has 8 nitrogen and oxygen atoms in total. The number of nitrogens with zero attached hydrogens (tertiary/aromatic N) is 8. The summed E-state index contributed by atoms with van der Waals surface area (Å²) in [6, 6.07) is 7.12. The molecule has 25 heavy (non-hydrogen) atoms. The van der Waals surface area contributed by atoms with Crippen molar-refractivity contribution in [1.29, 1.82) is 0 Å². The topological polar surface area (TPSA) is 106 Å². The van der Waals surface area contributed by atoms with E-state index in [-0.39, 0.29) is 17.1 Å². The third-order valence-electron chi connectivity index (χ3n) is 3.36. The van der Waals surface area contributed by atoms with Gasteiger partial charge in [0.05, 0.1) is 23.3 Å². The Bertz CT molecular complexity index is 997. The van der Waals surface area contributed by atoms with Gasteiger partial charge in [-0.1, -0.05) is 0 Å². The molecular formula is C16H8CuN8. The molecule has 1 radical (unpaired) electrons. The molecule has 5 heterocycles. The molecule has 8 bridgehead atoms. The van der Waals surface area contributed by atoms with Gasteiger partial charge in [0.2, 0.25) is 0 Å². The quantitative estimate of drug-likeness (QED) is 0.375. The van der Waals surface area contributed by atoms with Gasteiger partial charge in [0.15, 0.2) is 0 Å². The first kappa shape index (κ1) is 15.4. The van der Waals surface area contributed by atoms with Gasteiger partial charge in [0, 0.05) is 22.6 Å². The monoisotopic (exact) mass is 375 g/mol. The molecule has 2 aliphatic heterocycles. The maximum Gasteiger partial charge on any atom is 2.00 e. The first-order valence-electron chi connectivity index (χ1n) is 7.22. The van der Waals surface area contributed by atoms with Gasteiger partial charge in [-0.15, -0.1) is 0 Å². The average molecular weight is 376 g/mol. The van der Waals surface area contributed by atoms with Crippen LogP contribution < -0.4 is 9.97 Å². The number of hydrogen-bond donors (Lipinski definition) is 0. The minimum atomic E-state index is 0. The summed E-state index contributed by atoms with van der Waals surface area (Å²) in [5.74, 6) is 2.15. The van der Waals surface area contributed by atoms with E-state index < -0.39 is 0 Å². The van der Waals surface area contributed by atoms with Crippen molar-refractivity contribution in [3.63, 3.8) is 0 Å². The van der Waals surface area contributed by atoms with Crippen molar-refractivity contribution in [3.8, 4) is 0 Å². The number of rotatable bonds is 0. The Balaban J connectivity index is 0.00000157. The van der Waals surface area contributed by atoms with Crippen LogP contribution in [0.5, 0.6) is 0 Å². The van der Waals surface area contributed by atoms with Crippen molar-refractivity contribution in [2.75, 3.05) is 0 Å². The van der Waals surface area contributed by atoms with Gasteiger partial charge in [0.25, 0.3) is 0 Å². The number of aromatic nitrogens is 8. The molecule has 0 amide bonds. The molecule has 123 valence electrons. The largest absolute Gasteiger partial charge is 2.00 e. The fraction of sp³-hybridized carbons (Fsp3) is 0. The molecule has 0 saturated carbocycles. The predicted molar refractivity (Wildman–Crippen MR) is 88.0 cm³/mol. The Hall–Kier alpha value is -3.16. The Kier molecular flexibility index (Phi) is 3.72. The van der Waals surface area contributed by atoms with Crippen LogP contribution in [0.25, 0.3) is 46.9 Å². The summed E-state index contributed by atoms with van der Waals surface area (Å²) < 4.78 is 0. The summed E-state index contributed by atoms with van der Waals surface area (Å²) in [6.07, 6.45) is 7.12. The van der Waals surface area contributed by atoms with Gasteiger partial charge in [0.1, 0.15) is 0 Å². The first-order chi connectivity index (χ1) is 11.8. The minimum Gasteiger partial charge on any atom is -0.358 e. The number of fused-ring (bicyclic) bond motifs is 8. The molecule has 5 rings (SSSR count). The van der Waals surface area contributed by atoms with Gasteiger partial charge in [-0.05, 0) is 48.6 Å². The Morgan fingerprint density at radius 3 is 1.00 bits per heavy atom. The van der Waals surface area contributed by atoms with Gasteiger partial charge in [-0.3, -0.25) is 0 Å².